The van der Waals surface area contributed by atoms with Crippen molar-refractivity contribution in [1.82, 2.24) is 19.5 Å². The number of carbonyl (C=O) groups is 4. The molecule has 1 fully saturated rings. The molecule has 1 amide bonds. The zero-order valence-corrected chi connectivity index (χ0v) is 24.8. The smallest absolute Gasteiger partial charge is 0.303 e. The van der Waals surface area contributed by atoms with Crippen molar-refractivity contribution in [3.63, 3.8) is 0 Å². The molecule has 4 aromatic rings. The number of fused-ring (bicyclic) bond motifs is 1. The first-order valence-electron chi connectivity index (χ1n) is 13.9. The van der Waals surface area contributed by atoms with E-state index < -0.39 is 48.4 Å². The Morgan fingerprint density at radius 3 is 2.07 bits per heavy atom. The van der Waals surface area contributed by atoms with Crippen molar-refractivity contribution < 1.29 is 38.1 Å². The van der Waals surface area contributed by atoms with Gasteiger partial charge in [0.15, 0.2) is 35.4 Å². The lowest BCUT2D eigenvalue weighted by molar-refractivity contribution is -0.166. The molecule has 1 aliphatic heterocycles. The second-order valence-corrected chi connectivity index (χ2v) is 10.0. The zero-order chi connectivity index (χ0) is 32.8. The van der Waals surface area contributed by atoms with E-state index in [0.717, 1.165) is 5.56 Å². The third-order valence-electron chi connectivity index (χ3n) is 6.72. The molecule has 4 atom stereocenters. The van der Waals surface area contributed by atoms with Crippen LogP contribution in [-0.4, -0.2) is 68.3 Å². The molecule has 3 heterocycles. The number of nitrogens with zero attached hydrogens (tertiary/aromatic N) is 5. The fourth-order valence-electron chi connectivity index (χ4n) is 4.70. The number of imidazole rings is 1. The molecule has 0 unspecified atom stereocenters. The summed E-state index contributed by atoms with van der Waals surface area (Å²) in [4.78, 5) is 61.3. The Hall–Kier alpha value is -6.12. The van der Waals surface area contributed by atoms with Gasteiger partial charge >= 0.3 is 17.9 Å². The topological polar surface area (TPSA) is 185 Å². The van der Waals surface area contributed by atoms with E-state index in [4.69, 9.17) is 24.2 Å². The van der Waals surface area contributed by atoms with Crippen LogP contribution in [-0.2, 0) is 33.3 Å². The lowest BCUT2D eigenvalue weighted by Crippen LogP contribution is -2.40. The maximum Gasteiger partial charge on any atom is 0.303 e. The molecule has 2 aromatic heterocycles. The van der Waals surface area contributed by atoms with E-state index in [1.807, 2.05) is 0 Å². The first-order valence-corrected chi connectivity index (χ1v) is 13.9. The molecule has 0 aliphatic carbocycles. The van der Waals surface area contributed by atoms with E-state index >= 15 is 0 Å². The number of esters is 3. The first kappa shape index (κ1) is 31.3. The van der Waals surface area contributed by atoms with Gasteiger partial charge in [0.1, 0.15) is 19.0 Å². The van der Waals surface area contributed by atoms with Gasteiger partial charge in [0.2, 0.25) is 0 Å². The minimum Gasteiger partial charge on any atom is -0.463 e. The fraction of sp³-hybridized carbons (Fsp3) is 0.250. The third-order valence-corrected chi connectivity index (χ3v) is 6.72. The maximum absolute atomic E-state index is 13.1. The highest BCUT2D eigenvalue weighted by atomic mass is 16.7. The molecule has 1 N–H and O–H groups in total. The van der Waals surface area contributed by atoms with Gasteiger partial charge in [-0.1, -0.05) is 11.8 Å². The van der Waals surface area contributed by atoms with Gasteiger partial charge < -0.3 is 24.3 Å². The summed E-state index contributed by atoms with van der Waals surface area (Å²) in [6, 6.07) is 15.6. The van der Waals surface area contributed by atoms with Crippen LogP contribution in [0.2, 0.25) is 0 Å². The summed E-state index contributed by atoms with van der Waals surface area (Å²) in [7, 11) is 0. The Labute approximate surface area is 262 Å². The number of nitriles is 1. The number of amides is 1. The predicted molar refractivity (Wildman–Crippen MR) is 159 cm³/mol. The second-order valence-electron chi connectivity index (χ2n) is 10.0. The van der Waals surface area contributed by atoms with Gasteiger partial charge in [-0.25, -0.2) is 15.0 Å². The Bertz CT molecular complexity index is 1900. The van der Waals surface area contributed by atoms with Gasteiger partial charge in [0, 0.05) is 37.5 Å². The summed E-state index contributed by atoms with van der Waals surface area (Å²) in [5.74, 6) is 3.77. The van der Waals surface area contributed by atoms with Crippen LogP contribution in [0.1, 0.15) is 54.0 Å². The van der Waals surface area contributed by atoms with Gasteiger partial charge in [-0.05, 0) is 48.5 Å². The standard InChI is InChI=1S/C32H26N6O8/c1-18(39)43-15-25-27(44-19(2)40)28(45-20(3)41)32(46-25)38-17-36-26-29(34-16-35-30(26)38)37-31(42)24-12-10-22(11-13-24)5-4-21-6-8-23(14-33)9-7-21/h6-13,16-17,25,27-28,32H,15H2,1-3H3,(H,34,35,37,42)/t25-,27-,28-,32-/m1/s1. The van der Waals surface area contributed by atoms with Crippen molar-refractivity contribution >= 4 is 40.8 Å². The zero-order valence-electron chi connectivity index (χ0n) is 24.8. The van der Waals surface area contributed by atoms with E-state index in [1.54, 1.807) is 48.5 Å². The van der Waals surface area contributed by atoms with Crippen molar-refractivity contribution in [2.75, 3.05) is 11.9 Å². The van der Waals surface area contributed by atoms with Crippen LogP contribution >= 0.6 is 0 Å². The molecule has 1 aliphatic rings. The highest BCUT2D eigenvalue weighted by Crippen LogP contribution is 2.36. The molecule has 0 spiro atoms. The molecule has 1 saturated heterocycles. The van der Waals surface area contributed by atoms with Crippen molar-refractivity contribution in [3.8, 4) is 17.9 Å². The van der Waals surface area contributed by atoms with E-state index in [2.05, 4.69) is 38.2 Å². The Balaban J connectivity index is 1.36. The largest absolute Gasteiger partial charge is 0.463 e. The van der Waals surface area contributed by atoms with Crippen molar-refractivity contribution in [2.24, 2.45) is 0 Å². The Kier molecular flexibility index (Phi) is 9.31. The van der Waals surface area contributed by atoms with E-state index in [0.29, 0.717) is 16.7 Å². The van der Waals surface area contributed by atoms with E-state index in [1.165, 1.54) is 38.0 Å². The number of nitrogens with one attached hydrogen (secondary N) is 1. The highest BCUT2D eigenvalue weighted by molar-refractivity contribution is 6.06. The van der Waals surface area contributed by atoms with E-state index in [-0.39, 0.29) is 23.6 Å². The molecule has 46 heavy (non-hydrogen) atoms. The molecule has 14 heteroatoms. The molecule has 232 valence electrons. The number of hydrogen-bond donors (Lipinski definition) is 1. The average molecular weight is 623 g/mol. The van der Waals surface area contributed by atoms with Gasteiger partial charge in [-0.15, -0.1) is 0 Å². The number of anilines is 1. The predicted octanol–water partition coefficient (Wildman–Crippen LogP) is 2.67. The molecule has 5 rings (SSSR count). The van der Waals surface area contributed by atoms with Crippen LogP contribution < -0.4 is 5.32 Å². The summed E-state index contributed by atoms with van der Waals surface area (Å²) < 4.78 is 23.5. The summed E-state index contributed by atoms with van der Waals surface area (Å²) >= 11 is 0. The molecule has 0 radical (unpaired) electrons. The van der Waals surface area contributed by atoms with Crippen molar-refractivity contribution in [3.05, 3.63) is 83.4 Å². The summed E-state index contributed by atoms with van der Waals surface area (Å²) in [5, 5.41) is 11.7. The second kappa shape index (κ2) is 13.7. The van der Waals surface area contributed by atoms with E-state index in [9.17, 15) is 19.2 Å². The van der Waals surface area contributed by atoms with Gasteiger partial charge in [0.25, 0.3) is 5.91 Å². The molecule has 2 aromatic carbocycles. The number of carbonyl (C=O) groups excluding carboxylic acids is 4. The van der Waals surface area contributed by atoms with Crippen LogP contribution in [0.3, 0.4) is 0 Å². The quantitative estimate of drug-likeness (QED) is 0.181. The fourth-order valence-corrected chi connectivity index (χ4v) is 4.70. The number of benzene rings is 2. The summed E-state index contributed by atoms with van der Waals surface area (Å²) in [6.07, 6.45) is -1.75. The number of rotatable bonds is 7. The number of aromatic nitrogens is 4. The number of hydrogen-bond acceptors (Lipinski definition) is 12. The molecular formula is C32H26N6O8. The lowest BCUT2D eigenvalue weighted by atomic mass is 10.1. The van der Waals surface area contributed by atoms with Crippen molar-refractivity contribution in [1.29, 1.82) is 5.26 Å². The number of ether oxygens (including phenoxy) is 4. The molecule has 0 bridgehead atoms. The van der Waals surface area contributed by atoms with Crippen LogP contribution in [0, 0.1) is 23.2 Å². The Morgan fingerprint density at radius 1 is 0.848 bits per heavy atom. The van der Waals surface area contributed by atoms with Gasteiger partial charge in [-0.2, -0.15) is 5.26 Å². The maximum atomic E-state index is 13.1. The third kappa shape index (κ3) is 7.15. The van der Waals surface area contributed by atoms with Crippen LogP contribution in [0.4, 0.5) is 5.82 Å². The summed E-state index contributed by atoms with van der Waals surface area (Å²) in [6.45, 7) is 3.32. The lowest BCUT2D eigenvalue weighted by Gasteiger charge is -2.23. The van der Waals surface area contributed by atoms with Crippen LogP contribution in [0.15, 0.2) is 61.2 Å². The van der Waals surface area contributed by atoms with Crippen LogP contribution in [0.25, 0.3) is 11.2 Å². The minimum atomic E-state index is -1.15. The summed E-state index contributed by atoms with van der Waals surface area (Å²) in [5.41, 5.74) is 2.74. The average Bonchev–Trinajstić information content (AvgIpc) is 3.60. The van der Waals surface area contributed by atoms with Crippen molar-refractivity contribution in [2.45, 2.75) is 45.3 Å². The Morgan fingerprint density at radius 2 is 1.46 bits per heavy atom. The first-order chi connectivity index (χ1) is 22.1. The molecule has 14 nitrogen and oxygen atoms in total. The molecular weight excluding hydrogens is 596 g/mol. The SMILES string of the molecule is CC(=O)OC[C@H]1O[C@@H](n2cnc3c(NC(=O)c4ccc(C#Cc5ccc(C#N)cc5)cc4)ncnc32)[C@H](OC(C)=O)[C@@H]1OC(C)=O. The highest BCUT2D eigenvalue weighted by Gasteiger charge is 2.51. The van der Waals surface area contributed by atoms with Gasteiger partial charge in [-0.3, -0.25) is 23.7 Å². The normalized spacial score (nSPS) is 18.5. The van der Waals surface area contributed by atoms with Crippen LogP contribution in [0.5, 0.6) is 0 Å². The monoisotopic (exact) mass is 622 g/mol. The minimum absolute atomic E-state index is 0.105. The molecule has 0 saturated carbocycles. The van der Waals surface area contributed by atoms with Gasteiger partial charge in [0.05, 0.1) is 18.0 Å².